The summed E-state index contributed by atoms with van der Waals surface area (Å²) in [5.41, 5.74) is 5.22. The first-order valence-corrected chi connectivity index (χ1v) is 13.8. The van der Waals surface area contributed by atoms with E-state index in [1.54, 1.807) is 0 Å². The number of anilines is 2. The van der Waals surface area contributed by atoms with E-state index in [1.165, 1.54) is 0 Å². The van der Waals surface area contributed by atoms with Gasteiger partial charge in [0.1, 0.15) is 11.5 Å². The Bertz CT molecular complexity index is 1460. The number of hydrogen-bond acceptors (Lipinski definition) is 6. The molecule has 4 heterocycles. The summed E-state index contributed by atoms with van der Waals surface area (Å²) in [7, 11) is 0. The van der Waals surface area contributed by atoms with Crippen molar-refractivity contribution in [2.75, 3.05) is 36.4 Å². The second-order valence-corrected chi connectivity index (χ2v) is 9.62. The number of fused-ring (bicyclic) bond motifs is 1. The van der Waals surface area contributed by atoms with Crippen molar-refractivity contribution in [2.45, 2.75) is 40.2 Å². The van der Waals surface area contributed by atoms with Crippen LogP contribution in [0.25, 0.3) is 10.9 Å². The van der Waals surface area contributed by atoms with Gasteiger partial charge >= 0.3 is 0 Å². The molecule has 0 bridgehead atoms. The number of benzene rings is 1. The fourth-order valence-corrected chi connectivity index (χ4v) is 5.18. The van der Waals surface area contributed by atoms with Crippen molar-refractivity contribution >= 4 is 28.3 Å². The van der Waals surface area contributed by atoms with E-state index in [0.29, 0.717) is 12.2 Å². The van der Waals surface area contributed by atoms with Gasteiger partial charge in [0, 0.05) is 43.5 Å². The van der Waals surface area contributed by atoms with E-state index < -0.39 is 0 Å². The molecule has 0 unspecified atom stereocenters. The standard InChI is InChI=1S/C31H37N7O/c1-4-11-24-13-7-8-19-37(24)27(6-3)31(39)34-26-14-10-15-28-30(26)25(5-2)35-38(28)22-23-12-9-16-29(33-23)36-20-17-32-18-21-36/h6-16,19,32H,4-5,17-18,20-22H2,1-3H3,(H,34,39). The van der Waals surface area contributed by atoms with Gasteiger partial charge in [-0.1, -0.05) is 44.2 Å². The molecular weight excluding hydrogens is 486 g/mol. The highest BCUT2D eigenvalue weighted by molar-refractivity contribution is 6.09. The zero-order chi connectivity index (χ0) is 27.2. The molecule has 1 aromatic carbocycles. The van der Waals surface area contributed by atoms with Gasteiger partial charge in [-0.05, 0) is 56.2 Å². The van der Waals surface area contributed by atoms with Crippen LogP contribution < -0.4 is 15.5 Å². The molecule has 0 spiro atoms. The van der Waals surface area contributed by atoms with Crippen molar-refractivity contribution in [2.24, 2.45) is 0 Å². The Labute approximate surface area is 230 Å². The average molecular weight is 524 g/mol. The molecule has 1 saturated heterocycles. The van der Waals surface area contributed by atoms with Gasteiger partial charge in [0.2, 0.25) is 0 Å². The van der Waals surface area contributed by atoms with Crippen LogP contribution >= 0.6 is 0 Å². The lowest BCUT2D eigenvalue weighted by Gasteiger charge is -2.28. The third kappa shape index (κ3) is 5.66. The molecule has 5 rings (SSSR count). The molecule has 1 amide bonds. The van der Waals surface area contributed by atoms with Gasteiger partial charge < -0.3 is 20.4 Å². The molecular formula is C31H37N7O. The van der Waals surface area contributed by atoms with Gasteiger partial charge in [-0.2, -0.15) is 5.10 Å². The summed E-state index contributed by atoms with van der Waals surface area (Å²) < 4.78 is 2.00. The van der Waals surface area contributed by atoms with E-state index in [4.69, 9.17) is 10.1 Å². The second kappa shape index (κ2) is 12.1. The highest BCUT2D eigenvalue weighted by Gasteiger charge is 2.21. The molecule has 0 saturated carbocycles. The number of aryl methyl sites for hydroxylation is 1. The number of pyridine rings is 1. The van der Waals surface area contributed by atoms with Crippen LogP contribution in [0.4, 0.5) is 11.5 Å². The minimum atomic E-state index is -0.160. The molecule has 0 radical (unpaired) electrons. The second-order valence-electron chi connectivity index (χ2n) is 9.62. The van der Waals surface area contributed by atoms with Crippen LogP contribution in [-0.2, 0) is 17.8 Å². The minimum Gasteiger partial charge on any atom is -0.354 e. The SMILES string of the molecule is CC=C(C(=O)Nc1cccc2c1c(CC)nn2Cc1cccc(N2CCNCC2)n1)N1C=CC=CC1=CCC. The minimum absolute atomic E-state index is 0.160. The van der Waals surface area contributed by atoms with Crippen molar-refractivity contribution in [1.82, 2.24) is 25.0 Å². The third-order valence-corrected chi connectivity index (χ3v) is 7.05. The molecule has 1 fully saturated rings. The highest BCUT2D eigenvalue weighted by atomic mass is 16.2. The van der Waals surface area contributed by atoms with Crippen LogP contribution in [0.3, 0.4) is 0 Å². The van der Waals surface area contributed by atoms with E-state index in [9.17, 15) is 4.79 Å². The fraction of sp³-hybridized carbons (Fsp3) is 0.323. The lowest BCUT2D eigenvalue weighted by molar-refractivity contribution is -0.113. The number of carbonyl (C=O) groups excluding carboxylic acids is 1. The number of nitrogens with zero attached hydrogens (tertiary/aromatic N) is 5. The van der Waals surface area contributed by atoms with Crippen LogP contribution in [-0.4, -0.2) is 51.8 Å². The number of piperazine rings is 1. The Hall–Kier alpha value is -4.17. The Morgan fingerprint density at radius 2 is 1.92 bits per heavy atom. The average Bonchev–Trinajstić information content (AvgIpc) is 3.33. The van der Waals surface area contributed by atoms with Gasteiger partial charge in [0.05, 0.1) is 29.1 Å². The molecule has 8 nitrogen and oxygen atoms in total. The topological polar surface area (TPSA) is 78.3 Å². The van der Waals surface area contributed by atoms with Crippen LogP contribution in [0.5, 0.6) is 0 Å². The van der Waals surface area contributed by atoms with Gasteiger partial charge in [-0.3, -0.25) is 9.48 Å². The van der Waals surface area contributed by atoms with Crippen LogP contribution in [0.2, 0.25) is 0 Å². The molecule has 0 atom stereocenters. The highest BCUT2D eigenvalue weighted by Crippen LogP contribution is 2.29. The predicted octanol–water partition coefficient (Wildman–Crippen LogP) is 4.97. The lowest BCUT2D eigenvalue weighted by atomic mass is 10.1. The zero-order valence-electron chi connectivity index (χ0n) is 23.0. The molecule has 2 N–H and O–H groups in total. The summed E-state index contributed by atoms with van der Waals surface area (Å²) in [6.07, 6.45) is 13.5. The Morgan fingerprint density at radius 3 is 2.69 bits per heavy atom. The maximum atomic E-state index is 13.6. The van der Waals surface area contributed by atoms with Gasteiger partial charge in [0.15, 0.2) is 0 Å². The van der Waals surface area contributed by atoms with E-state index in [2.05, 4.69) is 59.7 Å². The Kier molecular flexibility index (Phi) is 8.22. The summed E-state index contributed by atoms with van der Waals surface area (Å²) >= 11 is 0. The smallest absolute Gasteiger partial charge is 0.272 e. The van der Waals surface area contributed by atoms with Crippen molar-refractivity contribution in [3.8, 4) is 0 Å². The summed E-state index contributed by atoms with van der Waals surface area (Å²) in [5.74, 6) is 0.846. The van der Waals surface area contributed by atoms with Gasteiger partial charge in [-0.15, -0.1) is 0 Å². The summed E-state index contributed by atoms with van der Waals surface area (Å²) in [4.78, 5) is 22.8. The largest absolute Gasteiger partial charge is 0.354 e. The van der Waals surface area contributed by atoms with Gasteiger partial charge in [-0.25, -0.2) is 4.98 Å². The predicted molar refractivity (Wildman–Crippen MR) is 158 cm³/mol. The maximum absolute atomic E-state index is 13.6. The third-order valence-electron chi connectivity index (χ3n) is 7.05. The first-order chi connectivity index (χ1) is 19.1. The van der Waals surface area contributed by atoms with Crippen LogP contribution in [0, 0.1) is 0 Å². The van der Waals surface area contributed by atoms with E-state index in [-0.39, 0.29) is 5.91 Å². The molecule has 39 heavy (non-hydrogen) atoms. The quantitative estimate of drug-likeness (QED) is 0.406. The summed E-state index contributed by atoms with van der Waals surface area (Å²) in [5, 5.41) is 12.5. The Morgan fingerprint density at radius 1 is 1.10 bits per heavy atom. The maximum Gasteiger partial charge on any atom is 0.272 e. The molecule has 3 aromatic rings. The first kappa shape index (κ1) is 26.4. The normalized spacial score (nSPS) is 16.9. The number of amides is 1. The number of rotatable bonds is 8. The number of allylic oxidation sites excluding steroid dienone is 5. The summed E-state index contributed by atoms with van der Waals surface area (Å²) in [6, 6.07) is 12.2. The number of hydrogen-bond donors (Lipinski definition) is 2. The van der Waals surface area contributed by atoms with Crippen molar-refractivity contribution in [1.29, 1.82) is 0 Å². The molecule has 0 aliphatic carbocycles. The number of nitrogens with one attached hydrogen (secondary N) is 2. The molecule has 2 aromatic heterocycles. The van der Waals surface area contributed by atoms with E-state index in [0.717, 1.165) is 78.5 Å². The fourth-order valence-electron chi connectivity index (χ4n) is 5.18. The summed E-state index contributed by atoms with van der Waals surface area (Å²) in [6.45, 7) is 10.5. The lowest BCUT2D eigenvalue weighted by Crippen LogP contribution is -2.43. The van der Waals surface area contributed by atoms with Crippen molar-refractivity contribution in [3.05, 3.63) is 95.8 Å². The van der Waals surface area contributed by atoms with Gasteiger partial charge in [0.25, 0.3) is 5.91 Å². The van der Waals surface area contributed by atoms with Crippen molar-refractivity contribution in [3.63, 3.8) is 0 Å². The zero-order valence-corrected chi connectivity index (χ0v) is 23.0. The molecule has 202 valence electrons. The molecule has 2 aliphatic heterocycles. The number of carbonyl (C=O) groups is 1. The monoisotopic (exact) mass is 523 g/mol. The van der Waals surface area contributed by atoms with Crippen LogP contribution in [0.1, 0.15) is 38.6 Å². The number of aromatic nitrogens is 3. The van der Waals surface area contributed by atoms with E-state index >= 15 is 0 Å². The first-order valence-electron chi connectivity index (χ1n) is 13.8. The van der Waals surface area contributed by atoms with Crippen molar-refractivity contribution < 1.29 is 4.79 Å². The van der Waals surface area contributed by atoms with E-state index in [1.807, 2.05) is 59.1 Å². The molecule has 2 aliphatic rings. The Balaban J connectivity index is 1.42. The van der Waals surface area contributed by atoms with Crippen LogP contribution in [0.15, 0.2) is 84.4 Å². The molecule has 8 heteroatoms.